The van der Waals surface area contributed by atoms with E-state index in [1.54, 1.807) is 0 Å². The summed E-state index contributed by atoms with van der Waals surface area (Å²) in [6.07, 6.45) is 0.697. The van der Waals surface area contributed by atoms with Crippen LogP contribution in [0, 0.1) is 5.41 Å². The van der Waals surface area contributed by atoms with Gasteiger partial charge in [0.15, 0.2) is 0 Å². The molecule has 4 nitrogen and oxygen atoms in total. The molecule has 1 aliphatic rings. The van der Waals surface area contributed by atoms with Crippen molar-refractivity contribution in [2.45, 2.75) is 20.3 Å². The summed E-state index contributed by atoms with van der Waals surface area (Å²) in [4.78, 5) is 0. The van der Waals surface area contributed by atoms with Gasteiger partial charge in [0.05, 0.1) is 5.75 Å². The van der Waals surface area contributed by atoms with Crippen molar-refractivity contribution in [1.29, 1.82) is 0 Å². The monoisotopic (exact) mass is 178 g/mol. The third-order valence-electron chi connectivity index (χ3n) is 1.98. The number of hydrogen-bond acceptors (Lipinski definition) is 3. The van der Waals surface area contributed by atoms with Crippen LogP contribution in [0.3, 0.4) is 0 Å². The predicted octanol–water partition coefficient (Wildman–Crippen LogP) is -0.0782. The molecule has 0 unspecified atom stereocenters. The van der Waals surface area contributed by atoms with E-state index in [0.717, 1.165) is 4.41 Å². The van der Waals surface area contributed by atoms with Crippen molar-refractivity contribution in [1.82, 2.24) is 4.41 Å². The van der Waals surface area contributed by atoms with Gasteiger partial charge in [-0.15, -0.1) is 4.41 Å². The fraction of sp³-hybridized carbons (Fsp3) is 1.00. The maximum Gasteiger partial charge on any atom is 0.226 e. The standard InChI is InChI=1S/C6H14N2O2S/c1-6(2)3-4-11(9,10)8(7)5-6/h3-5,7H2,1-2H3. The minimum Gasteiger partial charge on any atom is -0.255 e. The van der Waals surface area contributed by atoms with Gasteiger partial charge in [0.1, 0.15) is 0 Å². The lowest BCUT2D eigenvalue weighted by Crippen LogP contribution is -2.49. The molecule has 0 aromatic heterocycles. The van der Waals surface area contributed by atoms with Crippen LogP contribution in [-0.2, 0) is 10.0 Å². The molecule has 0 spiro atoms. The van der Waals surface area contributed by atoms with Crippen molar-refractivity contribution in [3.63, 3.8) is 0 Å². The average molecular weight is 178 g/mol. The summed E-state index contributed by atoms with van der Waals surface area (Å²) in [5.41, 5.74) is 0.0278. The van der Waals surface area contributed by atoms with Crippen molar-refractivity contribution >= 4 is 10.0 Å². The lowest BCUT2D eigenvalue weighted by Gasteiger charge is -2.34. The summed E-state index contributed by atoms with van der Waals surface area (Å²) >= 11 is 0. The van der Waals surface area contributed by atoms with Gasteiger partial charge < -0.3 is 0 Å². The van der Waals surface area contributed by atoms with E-state index in [4.69, 9.17) is 5.84 Å². The van der Waals surface area contributed by atoms with Gasteiger partial charge in [0.25, 0.3) is 0 Å². The zero-order chi connectivity index (χ0) is 8.70. The number of rotatable bonds is 0. The molecule has 1 saturated heterocycles. The van der Waals surface area contributed by atoms with Gasteiger partial charge in [-0.25, -0.2) is 8.42 Å². The van der Waals surface area contributed by atoms with E-state index in [1.165, 1.54) is 0 Å². The summed E-state index contributed by atoms with van der Waals surface area (Å²) < 4.78 is 23.1. The molecule has 0 amide bonds. The molecule has 0 saturated carbocycles. The van der Waals surface area contributed by atoms with Crippen LogP contribution in [0.2, 0.25) is 0 Å². The molecule has 1 aliphatic heterocycles. The highest BCUT2D eigenvalue weighted by Gasteiger charge is 2.34. The molecule has 2 N–H and O–H groups in total. The van der Waals surface area contributed by atoms with Gasteiger partial charge in [0.2, 0.25) is 10.0 Å². The first kappa shape index (κ1) is 8.96. The normalized spacial score (nSPS) is 30.1. The van der Waals surface area contributed by atoms with Gasteiger partial charge in [-0.3, -0.25) is 5.84 Å². The Morgan fingerprint density at radius 2 is 2.00 bits per heavy atom. The van der Waals surface area contributed by atoms with Crippen molar-refractivity contribution in [2.24, 2.45) is 11.3 Å². The molecule has 1 heterocycles. The molecule has 0 bridgehead atoms. The van der Waals surface area contributed by atoms with Crippen LogP contribution in [-0.4, -0.2) is 25.1 Å². The Balaban J connectivity index is 2.79. The Morgan fingerprint density at radius 1 is 1.45 bits per heavy atom. The number of hydrazine groups is 1. The number of nitrogens with zero attached hydrogens (tertiary/aromatic N) is 1. The molecule has 0 radical (unpaired) electrons. The zero-order valence-corrected chi connectivity index (χ0v) is 7.69. The molecular formula is C6H14N2O2S. The summed E-state index contributed by atoms with van der Waals surface area (Å²) in [6, 6.07) is 0. The van der Waals surface area contributed by atoms with Gasteiger partial charge in [-0.05, 0) is 11.8 Å². The van der Waals surface area contributed by atoms with Crippen LogP contribution in [0.25, 0.3) is 0 Å². The third-order valence-corrected chi connectivity index (χ3v) is 3.54. The molecular weight excluding hydrogens is 164 g/mol. The van der Waals surface area contributed by atoms with E-state index in [1.807, 2.05) is 13.8 Å². The van der Waals surface area contributed by atoms with Crippen LogP contribution in [0.1, 0.15) is 20.3 Å². The summed E-state index contributed by atoms with van der Waals surface area (Å²) in [7, 11) is -3.12. The SMILES string of the molecule is CC1(C)CCS(=O)(=O)N(N)C1. The second kappa shape index (κ2) is 2.43. The largest absolute Gasteiger partial charge is 0.255 e. The van der Waals surface area contributed by atoms with Gasteiger partial charge in [0, 0.05) is 6.54 Å². The van der Waals surface area contributed by atoms with E-state index in [-0.39, 0.29) is 11.2 Å². The minimum absolute atomic E-state index is 0.0278. The highest BCUT2D eigenvalue weighted by molar-refractivity contribution is 7.89. The van der Waals surface area contributed by atoms with Crippen molar-refractivity contribution < 1.29 is 8.42 Å². The highest BCUT2D eigenvalue weighted by Crippen LogP contribution is 2.27. The Hall–Kier alpha value is -0.130. The molecule has 0 aromatic rings. The quantitative estimate of drug-likeness (QED) is 0.528. The Labute approximate surface area is 67.4 Å². The van der Waals surface area contributed by atoms with Crippen LogP contribution in [0.5, 0.6) is 0 Å². The van der Waals surface area contributed by atoms with Crippen LogP contribution >= 0.6 is 0 Å². The number of sulfonamides is 1. The second-order valence-corrected chi connectivity index (χ2v) is 5.82. The number of hydrogen-bond donors (Lipinski definition) is 1. The fourth-order valence-corrected chi connectivity index (χ4v) is 2.71. The van der Waals surface area contributed by atoms with Gasteiger partial charge >= 0.3 is 0 Å². The molecule has 5 heteroatoms. The molecule has 1 rings (SSSR count). The fourth-order valence-electron chi connectivity index (χ4n) is 1.12. The van der Waals surface area contributed by atoms with Gasteiger partial charge in [-0.1, -0.05) is 13.8 Å². The first-order valence-corrected chi connectivity index (χ1v) is 5.20. The first-order valence-electron chi connectivity index (χ1n) is 3.59. The van der Waals surface area contributed by atoms with Crippen molar-refractivity contribution in [3.8, 4) is 0 Å². The molecule has 66 valence electrons. The van der Waals surface area contributed by atoms with Gasteiger partial charge in [-0.2, -0.15) is 0 Å². The summed E-state index contributed by atoms with van der Waals surface area (Å²) in [5.74, 6) is 5.51. The second-order valence-electron chi connectivity index (χ2n) is 3.78. The Bertz CT molecular complexity index is 245. The van der Waals surface area contributed by atoms with E-state index in [2.05, 4.69) is 0 Å². The lowest BCUT2D eigenvalue weighted by atomic mass is 9.90. The Kier molecular flexibility index (Phi) is 1.98. The Morgan fingerprint density at radius 3 is 2.36 bits per heavy atom. The van der Waals surface area contributed by atoms with E-state index in [9.17, 15) is 8.42 Å². The molecule has 0 aliphatic carbocycles. The van der Waals surface area contributed by atoms with Crippen LogP contribution < -0.4 is 5.84 Å². The minimum atomic E-state index is -3.12. The smallest absolute Gasteiger partial charge is 0.226 e. The zero-order valence-electron chi connectivity index (χ0n) is 6.87. The van der Waals surface area contributed by atoms with E-state index in [0.29, 0.717) is 13.0 Å². The maximum absolute atomic E-state index is 11.1. The number of nitrogens with two attached hydrogens (primary N) is 1. The van der Waals surface area contributed by atoms with E-state index < -0.39 is 10.0 Å². The molecule has 0 aromatic carbocycles. The first-order chi connectivity index (χ1) is 4.83. The molecule has 11 heavy (non-hydrogen) atoms. The van der Waals surface area contributed by atoms with E-state index >= 15 is 0 Å². The molecule has 0 atom stereocenters. The summed E-state index contributed by atoms with van der Waals surface area (Å²) in [5, 5.41) is 0. The third kappa shape index (κ3) is 1.91. The molecule has 1 fully saturated rings. The van der Waals surface area contributed by atoms with Crippen molar-refractivity contribution in [2.75, 3.05) is 12.3 Å². The van der Waals surface area contributed by atoms with Crippen LogP contribution in [0.15, 0.2) is 0 Å². The highest BCUT2D eigenvalue weighted by atomic mass is 32.2. The maximum atomic E-state index is 11.1. The average Bonchev–Trinajstić information content (AvgIpc) is 1.81. The lowest BCUT2D eigenvalue weighted by molar-refractivity contribution is 0.233. The van der Waals surface area contributed by atoms with Crippen molar-refractivity contribution in [3.05, 3.63) is 0 Å². The predicted molar refractivity (Wildman–Crippen MR) is 43.1 cm³/mol. The summed E-state index contributed by atoms with van der Waals surface area (Å²) in [6.45, 7) is 4.46. The van der Waals surface area contributed by atoms with Crippen LogP contribution in [0.4, 0.5) is 0 Å². The topological polar surface area (TPSA) is 63.4 Å².